The summed E-state index contributed by atoms with van der Waals surface area (Å²) >= 11 is 6.33. The summed E-state index contributed by atoms with van der Waals surface area (Å²) in [6.07, 6.45) is 1.48. The Morgan fingerprint density at radius 1 is 1.20 bits per heavy atom. The third-order valence-corrected chi connectivity index (χ3v) is 8.39. The van der Waals surface area contributed by atoms with Gasteiger partial charge in [0.05, 0.1) is 41.3 Å². The summed E-state index contributed by atoms with van der Waals surface area (Å²) < 4.78 is 5.32. The van der Waals surface area contributed by atoms with E-state index in [2.05, 4.69) is 5.32 Å². The second kappa shape index (κ2) is 7.25. The normalized spacial score (nSPS) is 28.9. The molecule has 4 heterocycles. The number of halogens is 1. The van der Waals surface area contributed by atoms with Gasteiger partial charge in [-0.3, -0.25) is 29.4 Å². The molecule has 0 aliphatic carbocycles. The molecule has 11 heteroatoms. The first-order chi connectivity index (χ1) is 16.7. The highest BCUT2D eigenvalue weighted by molar-refractivity contribution is 6.32. The molecule has 6 rings (SSSR count). The van der Waals surface area contributed by atoms with Crippen LogP contribution in [-0.2, 0) is 19.9 Å². The lowest BCUT2D eigenvalue weighted by molar-refractivity contribution is -0.384. The number of carbonyl (C=O) groups excluding carboxylic acids is 3. The van der Waals surface area contributed by atoms with E-state index < -0.39 is 34.1 Å². The Kier molecular flexibility index (Phi) is 4.56. The van der Waals surface area contributed by atoms with E-state index in [-0.39, 0.29) is 29.1 Å². The third kappa shape index (κ3) is 2.55. The third-order valence-electron chi connectivity index (χ3n) is 7.98. The van der Waals surface area contributed by atoms with Crippen molar-refractivity contribution in [1.82, 2.24) is 4.90 Å². The van der Waals surface area contributed by atoms with Crippen LogP contribution in [0.2, 0.25) is 5.02 Å². The van der Waals surface area contributed by atoms with E-state index in [1.807, 2.05) is 11.8 Å². The van der Waals surface area contributed by atoms with Gasteiger partial charge in [-0.25, -0.2) is 4.90 Å². The Bertz CT molecular complexity index is 1360. The number of benzene rings is 2. The van der Waals surface area contributed by atoms with Crippen LogP contribution in [-0.4, -0.2) is 47.2 Å². The molecule has 4 atom stereocenters. The van der Waals surface area contributed by atoms with Crippen molar-refractivity contribution in [3.8, 4) is 5.75 Å². The van der Waals surface area contributed by atoms with Gasteiger partial charge in [-0.2, -0.15) is 0 Å². The van der Waals surface area contributed by atoms with Crippen molar-refractivity contribution in [1.29, 1.82) is 0 Å². The van der Waals surface area contributed by atoms with E-state index in [9.17, 15) is 24.5 Å². The van der Waals surface area contributed by atoms with Crippen molar-refractivity contribution in [3.05, 3.63) is 56.6 Å². The van der Waals surface area contributed by atoms with Gasteiger partial charge in [0.2, 0.25) is 17.7 Å². The molecule has 3 amide bonds. The van der Waals surface area contributed by atoms with Gasteiger partial charge in [0.15, 0.2) is 0 Å². The van der Waals surface area contributed by atoms with E-state index in [1.165, 1.54) is 25.3 Å². The summed E-state index contributed by atoms with van der Waals surface area (Å²) in [6.45, 7) is 2.40. The number of rotatable bonds is 3. The number of methoxy groups -OCH3 is 1. The van der Waals surface area contributed by atoms with Crippen LogP contribution in [0.15, 0.2) is 30.3 Å². The van der Waals surface area contributed by atoms with Crippen LogP contribution in [0.3, 0.4) is 0 Å². The van der Waals surface area contributed by atoms with Crippen LogP contribution in [0.25, 0.3) is 0 Å². The van der Waals surface area contributed by atoms with Gasteiger partial charge in [0.25, 0.3) is 5.69 Å². The van der Waals surface area contributed by atoms with Crippen molar-refractivity contribution in [2.75, 3.05) is 23.9 Å². The Hall–Kier alpha value is -3.50. The van der Waals surface area contributed by atoms with Crippen LogP contribution < -0.4 is 15.0 Å². The number of hydrogen-bond acceptors (Lipinski definition) is 7. The number of nitro groups is 1. The summed E-state index contributed by atoms with van der Waals surface area (Å²) in [5, 5.41) is 14.7. The molecule has 0 saturated carbocycles. The summed E-state index contributed by atoms with van der Waals surface area (Å²) in [5.41, 5.74) is 0.529. The lowest BCUT2D eigenvalue weighted by atomic mass is 9.75. The molecule has 0 aromatic heterocycles. The molecule has 4 aliphatic heterocycles. The quantitative estimate of drug-likeness (QED) is 0.393. The zero-order valence-corrected chi connectivity index (χ0v) is 19.7. The number of nitrogens with one attached hydrogen (secondary N) is 1. The van der Waals surface area contributed by atoms with Crippen LogP contribution in [0.5, 0.6) is 5.75 Å². The molecule has 3 fully saturated rings. The van der Waals surface area contributed by atoms with E-state index in [4.69, 9.17) is 16.3 Å². The minimum atomic E-state index is -1.33. The standard InChI is InChI=1S/C24H21ClN4O6/c1-11-14(25)7-6-13-20(11)26-23(32)24(13)19-18(16-4-3-9-27(16)24)21(30)28(22(19)31)15-8-5-12(29(33)34)10-17(15)35-2/h5-8,10,16,18-19H,3-4,9H2,1-2H3,(H,26,32)/t16-,18-,19-,24-/m1/s1. The molecule has 0 unspecified atom stereocenters. The number of ether oxygens (including phenoxy) is 1. The number of amides is 3. The summed E-state index contributed by atoms with van der Waals surface area (Å²) in [4.78, 5) is 55.4. The molecule has 0 bridgehead atoms. The highest BCUT2D eigenvalue weighted by Gasteiger charge is 2.74. The number of imide groups is 1. The first-order valence-corrected chi connectivity index (χ1v) is 11.7. The second-order valence-electron chi connectivity index (χ2n) is 9.35. The highest BCUT2D eigenvalue weighted by Crippen LogP contribution is 2.61. The van der Waals surface area contributed by atoms with Crippen molar-refractivity contribution in [3.63, 3.8) is 0 Å². The number of hydrogen-bond donors (Lipinski definition) is 1. The van der Waals surface area contributed by atoms with Gasteiger partial charge in [-0.05, 0) is 44.0 Å². The zero-order valence-electron chi connectivity index (χ0n) is 18.9. The predicted molar refractivity (Wildman–Crippen MR) is 125 cm³/mol. The SMILES string of the molecule is COc1cc([N+](=O)[O-])ccc1N1C(=O)[C@@H]2[C@H]3CCCN3[C@@]3(C(=O)Nc4c3ccc(Cl)c4C)[C@H]2C1=O. The van der Waals surface area contributed by atoms with Gasteiger partial charge < -0.3 is 10.1 Å². The summed E-state index contributed by atoms with van der Waals surface area (Å²) in [7, 11) is 1.32. The Labute approximate surface area is 204 Å². The maximum atomic E-state index is 14.1. The van der Waals surface area contributed by atoms with Crippen molar-refractivity contribution < 1.29 is 24.0 Å². The highest BCUT2D eigenvalue weighted by atomic mass is 35.5. The fourth-order valence-corrected chi connectivity index (χ4v) is 6.75. The summed E-state index contributed by atoms with van der Waals surface area (Å²) in [6, 6.07) is 6.97. The van der Waals surface area contributed by atoms with Crippen LogP contribution >= 0.6 is 11.6 Å². The molecule has 2 aromatic rings. The van der Waals surface area contributed by atoms with Crippen LogP contribution in [0.1, 0.15) is 24.0 Å². The number of carbonyl (C=O) groups is 3. The van der Waals surface area contributed by atoms with E-state index in [0.717, 1.165) is 11.3 Å². The molecule has 1 N–H and O–H groups in total. The largest absolute Gasteiger partial charge is 0.494 e. The maximum Gasteiger partial charge on any atom is 0.273 e. The van der Waals surface area contributed by atoms with Crippen LogP contribution in [0.4, 0.5) is 17.1 Å². The van der Waals surface area contributed by atoms with Gasteiger partial charge in [0.1, 0.15) is 11.3 Å². The zero-order chi connectivity index (χ0) is 24.8. The second-order valence-corrected chi connectivity index (χ2v) is 9.75. The number of nitro benzene ring substituents is 1. The van der Waals surface area contributed by atoms with Crippen molar-refractivity contribution in [2.45, 2.75) is 31.3 Å². The topological polar surface area (TPSA) is 122 Å². The fourth-order valence-electron chi connectivity index (χ4n) is 6.59. The Morgan fingerprint density at radius 2 is 1.97 bits per heavy atom. The smallest absolute Gasteiger partial charge is 0.273 e. The minimum absolute atomic E-state index is 0.0390. The minimum Gasteiger partial charge on any atom is -0.494 e. The predicted octanol–water partition coefficient (Wildman–Crippen LogP) is 3.00. The molecule has 35 heavy (non-hydrogen) atoms. The van der Waals surface area contributed by atoms with Gasteiger partial charge in [-0.15, -0.1) is 0 Å². The molecule has 0 radical (unpaired) electrons. The molecular weight excluding hydrogens is 476 g/mol. The van der Waals surface area contributed by atoms with Gasteiger partial charge >= 0.3 is 0 Å². The van der Waals surface area contributed by atoms with E-state index in [0.29, 0.717) is 34.8 Å². The Morgan fingerprint density at radius 3 is 2.69 bits per heavy atom. The lowest BCUT2D eigenvalue weighted by Crippen LogP contribution is -2.54. The molecule has 2 aromatic carbocycles. The lowest BCUT2D eigenvalue weighted by Gasteiger charge is -2.36. The number of anilines is 2. The Balaban J connectivity index is 1.54. The van der Waals surface area contributed by atoms with Crippen LogP contribution in [0, 0.1) is 28.9 Å². The number of nitrogens with zero attached hydrogens (tertiary/aromatic N) is 3. The van der Waals surface area contributed by atoms with E-state index >= 15 is 0 Å². The molecular formula is C24H21ClN4O6. The molecule has 10 nitrogen and oxygen atoms in total. The monoisotopic (exact) mass is 496 g/mol. The first kappa shape index (κ1) is 22.0. The molecule has 3 saturated heterocycles. The molecule has 4 aliphatic rings. The van der Waals surface area contributed by atoms with Crippen molar-refractivity contribution in [2.24, 2.45) is 11.8 Å². The van der Waals surface area contributed by atoms with Gasteiger partial charge in [-0.1, -0.05) is 17.7 Å². The fraction of sp³-hybridized carbons (Fsp3) is 0.375. The molecule has 1 spiro atoms. The van der Waals surface area contributed by atoms with Gasteiger partial charge in [0, 0.05) is 22.7 Å². The molecule has 180 valence electrons. The number of non-ortho nitro benzene ring substituents is 1. The maximum absolute atomic E-state index is 14.1. The first-order valence-electron chi connectivity index (χ1n) is 11.3. The average Bonchev–Trinajstić information content (AvgIpc) is 3.54. The van der Waals surface area contributed by atoms with Crippen molar-refractivity contribution >= 4 is 46.4 Å². The summed E-state index contributed by atoms with van der Waals surface area (Å²) in [5.74, 6) is -2.90. The van der Waals surface area contributed by atoms with E-state index in [1.54, 1.807) is 12.1 Å². The average molecular weight is 497 g/mol. The number of fused-ring (bicyclic) bond motifs is 7.